The van der Waals surface area contributed by atoms with Gasteiger partial charge in [0.1, 0.15) is 0 Å². The Kier molecular flexibility index (Phi) is 2.57. The van der Waals surface area contributed by atoms with E-state index in [4.69, 9.17) is 4.74 Å². The molecule has 1 aliphatic carbocycles. The molecule has 2 rings (SSSR count). The summed E-state index contributed by atoms with van der Waals surface area (Å²) in [5.74, 6) is 1.73. The van der Waals surface area contributed by atoms with Gasteiger partial charge in [0.15, 0.2) is 11.6 Å². The highest BCUT2D eigenvalue weighted by Gasteiger charge is 2.22. The smallest absolute Gasteiger partial charge is 0.168 e. The van der Waals surface area contributed by atoms with Crippen LogP contribution in [-0.2, 0) is 0 Å². The molecule has 1 N–H and O–H groups in total. The third-order valence-corrected chi connectivity index (χ3v) is 2.05. The highest BCUT2D eigenvalue weighted by atomic mass is 16.5. The maximum absolute atomic E-state index is 5.65. The quantitative estimate of drug-likeness (QED) is 0.795. The summed E-state index contributed by atoms with van der Waals surface area (Å²) in [6.45, 7) is 4.04. The molecule has 0 atom stereocenters. The second-order valence-electron chi connectivity index (χ2n) is 3.94. The van der Waals surface area contributed by atoms with Gasteiger partial charge in [0.05, 0.1) is 6.10 Å². The molecule has 0 aliphatic heterocycles. The summed E-state index contributed by atoms with van der Waals surface area (Å²) in [6, 6.07) is 4.47. The Morgan fingerprint density at radius 1 is 1.50 bits per heavy atom. The number of ether oxygens (including phenoxy) is 1. The third kappa shape index (κ3) is 2.37. The van der Waals surface area contributed by atoms with E-state index in [0.29, 0.717) is 6.04 Å². The van der Waals surface area contributed by atoms with Crippen molar-refractivity contribution in [3.63, 3.8) is 0 Å². The minimum absolute atomic E-state index is 0.193. The van der Waals surface area contributed by atoms with Crippen molar-refractivity contribution in [3.8, 4) is 5.75 Å². The highest BCUT2D eigenvalue weighted by Crippen LogP contribution is 2.29. The molecule has 1 aliphatic rings. The number of nitrogens with zero attached hydrogens (tertiary/aromatic N) is 1. The Bertz CT molecular complexity index is 285. The Hall–Kier alpha value is -1.25. The van der Waals surface area contributed by atoms with Crippen LogP contribution in [-0.4, -0.2) is 17.1 Å². The SMILES string of the molecule is CC(C)Oc1cccnc1NC1CC1. The first-order chi connectivity index (χ1) is 6.75. The molecule has 14 heavy (non-hydrogen) atoms. The van der Waals surface area contributed by atoms with Crippen molar-refractivity contribution in [1.29, 1.82) is 0 Å². The van der Waals surface area contributed by atoms with E-state index in [1.807, 2.05) is 26.0 Å². The molecule has 0 unspecified atom stereocenters. The van der Waals surface area contributed by atoms with E-state index in [9.17, 15) is 0 Å². The van der Waals surface area contributed by atoms with Crippen LogP contribution in [0.5, 0.6) is 5.75 Å². The fraction of sp³-hybridized carbons (Fsp3) is 0.545. The van der Waals surface area contributed by atoms with Crippen molar-refractivity contribution in [3.05, 3.63) is 18.3 Å². The van der Waals surface area contributed by atoms with Crippen molar-refractivity contribution in [1.82, 2.24) is 4.98 Å². The van der Waals surface area contributed by atoms with Gasteiger partial charge in [-0.15, -0.1) is 0 Å². The second kappa shape index (κ2) is 3.86. The van der Waals surface area contributed by atoms with Gasteiger partial charge in [0, 0.05) is 12.2 Å². The van der Waals surface area contributed by atoms with Gasteiger partial charge < -0.3 is 10.1 Å². The summed E-state index contributed by atoms with van der Waals surface area (Å²) in [5.41, 5.74) is 0. The lowest BCUT2D eigenvalue weighted by Gasteiger charge is -2.13. The lowest BCUT2D eigenvalue weighted by Crippen LogP contribution is -2.10. The van der Waals surface area contributed by atoms with Crippen molar-refractivity contribution in [2.75, 3.05) is 5.32 Å². The van der Waals surface area contributed by atoms with Crippen LogP contribution in [0.25, 0.3) is 0 Å². The number of anilines is 1. The van der Waals surface area contributed by atoms with Crippen LogP contribution in [0.1, 0.15) is 26.7 Å². The van der Waals surface area contributed by atoms with Crippen LogP contribution < -0.4 is 10.1 Å². The second-order valence-corrected chi connectivity index (χ2v) is 3.94. The molecule has 3 nitrogen and oxygen atoms in total. The summed E-state index contributed by atoms with van der Waals surface area (Å²) >= 11 is 0. The largest absolute Gasteiger partial charge is 0.487 e. The van der Waals surface area contributed by atoms with Crippen molar-refractivity contribution in [2.45, 2.75) is 38.8 Å². The van der Waals surface area contributed by atoms with Gasteiger partial charge in [-0.2, -0.15) is 0 Å². The van der Waals surface area contributed by atoms with E-state index >= 15 is 0 Å². The Balaban J connectivity index is 2.10. The molecule has 1 fully saturated rings. The summed E-state index contributed by atoms with van der Waals surface area (Å²) in [7, 11) is 0. The molecule has 0 saturated heterocycles. The average molecular weight is 192 g/mol. The number of hydrogen-bond donors (Lipinski definition) is 1. The summed E-state index contributed by atoms with van der Waals surface area (Å²) in [6.07, 6.45) is 4.48. The normalized spacial score (nSPS) is 15.6. The number of aromatic nitrogens is 1. The van der Waals surface area contributed by atoms with Gasteiger partial charge in [-0.25, -0.2) is 4.98 Å². The molecule has 0 spiro atoms. The summed E-state index contributed by atoms with van der Waals surface area (Å²) in [5, 5.41) is 3.35. The van der Waals surface area contributed by atoms with Crippen LogP contribution in [0.4, 0.5) is 5.82 Å². The van der Waals surface area contributed by atoms with Crippen LogP contribution in [0.15, 0.2) is 18.3 Å². The van der Waals surface area contributed by atoms with Gasteiger partial charge in [-0.1, -0.05) is 0 Å². The Morgan fingerprint density at radius 3 is 2.93 bits per heavy atom. The van der Waals surface area contributed by atoms with Crippen LogP contribution in [0.2, 0.25) is 0 Å². The third-order valence-electron chi connectivity index (χ3n) is 2.05. The minimum Gasteiger partial charge on any atom is -0.487 e. The van der Waals surface area contributed by atoms with Crippen molar-refractivity contribution in [2.24, 2.45) is 0 Å². The number of nitrogens with one attached hydrogen (secondary N) is 1. The van der Waals surface area contributed by atoms with E-state index < -0.39 is 0 Å². The molecule has 3 heteroatoms. The standard InChI is InChI=1S/C11H16N2O/c1-8(2)14-10-4-3-7-12-11(10)13-9-5-6-9/h3-4,7-9H,5-6H2,1-2H3,(H,12,13). The number of rotatable bonds is 4. The Morgan fingerprint density at radius 2 is 2.29 bits per heavy atom. The van der Waals surface area contributed by atoms with E-state index in [1.165, 1.54) is 12.8 Å². The molecule has 76 valence electrons. The fourth-order valence-electron chi connectivity index (χ4n) is 1.27. The fourth-order valence-corrected chi connectivity index (χ4v) is 1.27. The number of hydrogen-bond acceptors (Lipinski definition) is 3. The molecule has 0 radical (unpaired) electrons. The highest BCUT2D eigenvalue weighted by molar-refractivity contribution is 5.50. The van der Waals surface area contributed by atoms with E-state index in [0.717, 1.165) is 11.6 Å². The zero-order valence-electron chi connectivity index (χ0n) is 8.66. The monoisotopic (exact) mass is 192 g/mol. The van der Waals surface area contributed by atoms with E-state index in [1.54, 1.807) is 6.20 Å². The first kappa shape index (κ1) is 9.31. The van der Waals surface area contributed by atoms with E-state index in [2.05, 4.69) is 10.3 Å². The van der Waals surface area contributed by atoms with Crippen LogP contribution >= 0.6 is 0 Å². The lowest BCUT2D eigenvalue weighted by atomic mass is 10.4. The molecule has 1 saturated carbocycles. The van der Waals surface area contributed by atoms with Crippen LogP contribution in [0.3, 0.4) is 0 Å². The van der Waals surface area contributed by atoms with Gasteiger partial charge in [-0.05, 0) is 38.8 Å². The number of pyridine rings is 1. The summed E-state index contributed by atoms with van der Waals surface area (Å²) in [4.78, 5) is 4.28. The maximum Gasteiger partial charge on any atom is 0.168 e. The van der Waals surface area contributed by atoms with Gasteiger partial charge in [0.2, 0.25) is 0 Å². The molecular formula is C11H16N2O. The maximum atomic E-state index is 5.65. The lowest BCUT2D eigenvalue weighted by molar-refractivity contribution is 0.243. The average Bonchev–Trinajstić information content (AvgIpc) is 2.91. The minimum atomic E-state index is 0.193. The molecular weight excluding hydrogens is 176 g/mol. The molecule has 1 aromatic heterocycles. The molecule has 1 heterocycles. The van der Waals surface area contributed by atoms with Gasteiger partial charge in [0.25, 0.3) is 0 Å². The first-order valence-corrected chi connectivity index (χ1v) is 5.14. The van der Waals surface area contributed by atoms with Crippen molar-refractivity contribution < 1.29 is 4.74 Å². The Labute approximate surface area is 84.5 Å². The molecule has 0 aromatic carbocycles. The molecule has 1 aromatic rings. The first-order valence-electron chi connectivity index (χ1n) is 5.14. The molecule has 0 amide bonds. The molecule has 0 bridgehead atoms. The zero-order chi connectivity index (χ0) is 9.97. The zero-order valence-corrected chi connectivity index (χ0v) is 8.66. The van der Waals surface area contributed by atoms with E-state index in [-0.39, 0.29) is 6.10 Å². The summed E-state index contributed by atoms with van der Waals surface area (Å²) < 4.78 is 5.65. The van der Waals surface area contributed by atoms with Gasteiger partial charge in [-0.3, -0.25) is 0 Å². The predicted octanol–water partition coefficient (Wildman–Crippen LogP) is 2.44. The van der Waals surface area contributed by atoms with Crippen molar-refractivity contribution >= 4 is 5.82 Å². The topological polar surface area (TPSA) is 34.1 Å². The predicted molar refractivity (Wildman–Crippen MR) is 56.6 cm³/mol. The van der Waals surface area contributed by atoms with Crippen LogP contribution in [0, 0.1) is 0 Å². The van der Waals surface area contributed by atoms with Gasteiger partial charge >= 0.3 is 0 Å².